The summed E-state index contributed by atoms with van der Waals surface area (Å²) in [5, 5.41) is 0. The lowest BCUT2D eigenvalue weighted by molar-refractivity contribution is 0.0505. The number of hydrogen-bond donors (Lipinski definition) is 0. The van der Waals surface area contributed by atoms with Crippen molar-refractivity contribution in [2.45, 2.75) is 19.6 Å². The van der Waals surface area contributed by atoms with Gasteiger partial charge >= 0.3 is 17.1 Å². The molecule has 0 radical (unpaired) electrons. The number of rotatable bonds is 21. The van der Waals surface area contributed by atoms with Crippen molar-refractivity contribution in [3.05, 3.63) is 31.5 Å². The smallest absolute Gasteiger partial charge is 0.336 e. The van der Waals surface area contributed by atoms with Crippen LogP contribution in [-0.4, -0.2) is 93.0 Å². The van der Waals surface area contributed by atoms with E-state index in [1.54, 1.807) is 0 Å². The monoisotopic (exact) mass is 507 g/mol. The van der Waals surface area contributed by atoms with Crippen molar-refractivity contribution < 1.29 is 28.4 Å². The third kappa shape index (κ3) is 12.0. The highest BCUT2D eigenvalue weighted by molar-refractivity contribution is 4.83. The van der Waals surface area contributed by atoms with E-state index in [1.807, 2.05) is 0 Å². The first-order valence-corrected chi connectivity index (χ1v) is 11.3. The zero-order valence-electron chi connectivity index (χ0n) is 20.4. The molecule has 0 aliphatic rings. The standard InChI is InChI=1S/C24H33N3O9/c1-4-10-31-16-19-34-13-7-25-22(28)26(8-14-35-20-17-32-11-5-2)24(30)27(23(25)29)9-15-36-21-18-33-12-6-3/h1-3H,7-21H2. The van der Waals surface area contributed by atoms with E-state index in [0.29, 0.717) is 0 Å². The number of nitrogens with zero attached hydrogens (tertiary/aromatic N) is 3. The Balaban J connectivity index is 2.84. The zero-order valence-corrected chi connectivity index (χ0v) is 20.4. The highest BCUT2D eigenvalue weighted by Gasteiger charge is 2.15. The van der Waals surface area contributed by atoms with E-state index in [2.05, 4.69) is 17.8 Å². The summed E-state index contributed by atoms with van der Waals surface area (Å²) in [5.41, 5.74) is -2.28. The molecule has 1 rings (SSSR count). The van der Waals surface area contributed by atoms with Crippen LogP contribution in [0.3, 0.4) is 0 Å². The summed E-state index contributed by atoms with van der Waals surface area (Å²) in [6.45, 7) is 1.97. The fourth-order valence-corrected chi connectivity index (χ4v) is 2.78. The fourth-order valence-electron chi connectivity index (χ4n) is 2.78. The van der Waals surface area contributed by atoms with Crippen LogP contribution in [0.4, 0.5) is 0 Å². The minimum absolute atomic E-state index is 0.0544. The Bertz CT molecular complexity index is 890. The van der Waals surface area contributed by atoms with E-state index in [1.165, 1.54) is 0 Å². The molecule has 0 aromatic carbocycles. The van der Waals surface area contributed by atoms with Crippen LogP contribution < -0.4 is 17.1 Å². The quantitative estimate of drug-likeness (QED) is 0.140. The Kier molecular flexibility index (Phi) is 17.2. The minimum Gasteiger partial charge on any atom is -0.377 e. The maximum Gasteiger partial charge on any atom is 0.336 e. The third-order valence-corrected chi connectivity index (χ3v) is 4.44. The van der Waals surface area contributed by atoms with Crippen LogP contribution in [0.2, 0.25) is 0 Å². The molecule has 0 N–H and O–H groups in total. The van der Waals surface area contributed by atoms with Crippen LogP contribution >= 0.6 is 0 Å². The molecule has 0 bridgehead atoms. The maximum absolute atomic E-state index is 12.9. The molecule has 36 heavy (non-hydrogen) atoms. The molecule has 0 saturated heterocycles. The first kappa shape index (κ1) is 30.9. The largest absolute Gasteiger partial charge is 0.377 e. The lowest BCUT2D eigenvalue weighted by Gasteiger charge is -2.14. The van der Waals surface area contributed by atoms with Crippen LogP contribution in [0.15, 0.2) is 14.4 Å². The van der Waals surface area contributed by atoms with Crippen molar-refractivity contribution in [1.29, 1.82) is 0 Å². The van der Waals surface area contributed by atoms with Gasteiger partial charge in [-0.1, -0.05) is 17.8 Å². The molecule has 0 aliphatic carbocycles. The maximum atomic E-state index is 12.9. The summed E-state index contributed by atoms with van der Waals surface area (Å²) in [6, 6.07) is 0. The van der Waals surface area contributed by atoms with E-state index < -0.39 is 17.1 Å². The number of terminal acetylenes is 3. The highest BCUT2D eigenvalue weighted by atomic mass is 16.5. The zero-order chi connectivity index (χ0) is 26.4. The van der Waals surface area contributed by atoms with Crippen LogP contribution in [-0.2, 0) is 48.1 Å². The Morgan fingerprint density at radius 3 is 0.944 bits per heavy atom. The van der Waals surface area contributed by atoms with Crippen molar-refractivity contribution in [3.8, 4) is 37.0 Å². The summed E-state index contributed by atoms with van der Waals surface area (Å²) < 4.78 is 34.3. The molecule has 0 amide bonds. The summed E-state index contributed by atoms with van der Waals surface area (Å²) in [6.07, 6.45) is 15.3. The van der Waals surface area contributed by atoms with Crippen molar-refractivity contribution in [2.24, 2.45) is 0 Å². The van der Waals surface area contributed by atoms with Gasteiger partial charge in [0.2, 0.25) is 0 Å². The molecule has 1 heterocycles. The van der Waals surface area contributed by atoms with Crippen LogP contribution in [0, 0.1) is 37.0 Å². The molecule has 0 aliphatic heterocycles. The van der Waals surface area contributed by atoms with Crippen molar-refractivity contribution >= 4 is 0 Å². The Labute approximate surface area is 210 Å². The number of aromatic nitrogens is 3. The summed E-state index contributed by atoms with van der Waals surface area (Å²) in [7, 11) is 0. The van der Waals surface area contributed by atoms with Gasteiger partial charge in [-0.05, 0) is 0 Å². The van der Waals surface area contributed by atoms with E-state index in [-0.39, 0.29) is 98.9 Å². The van der Waals surface area contributed by atoms with Crippen molar-refractivity contribution in [2.75, 3.05) is 79.3 Å². The molecule has 1 aromatic heterocycles. The average Bonchev–Trinajstić information content (AvgIpc) is 2.87. The molecule has 198 valence electrons. The Hall–Kier alpha value is -3.15. The molecule has 12 nitrogen and oxygen atoms in total. The molecular formula is C24H33N3O9. The second-order valence-corrected chi connectivity index (χ2v) is 6.91. The van der Waals surface area contributed by atoms with Crippen molar-refractivity contribution in [3.63, 3.8) is 0 Å². The van der Waals surface area contributed by atoms with Gasteiger partial charge in [-0.2, -0.15) is 0 Å². The third-order valence-electron chi connectivity index (χ3n) is 4.44. The summed E-state index contributed by atoms with van der Waals surface area (Å²) >= 11 is 0. The van der Waals surface area contributed by atoms with Gasteiger partial charge in [0.1, 0.15) is 19.8 Å². The van der Waals surface area contributed by atoms with Gasteiger partial charge in [0.25, 0.3) is 0 Å². The first-order chi connectivity index (χ1) is 17.6. The fraction of sp³-hybridized carbons (Fsp3) is 0.625. The molecule has 12 heteroatoms. The van der Waals surface area contributed by atoms with Gasteiger partial charge in [-0.25, -0.2) is 28.1 Å². The van der Waals surface area contributed by atoms with Gasteiger partial charge in [0.05, 0.1) is 79.1 Å². The topological polar surface area (TPSA) is 121 Å². The van der Waals surface area contributed by atoms with Gasteiger partial charge in [-0.15, -0.1) is 19.3 Å². The summed E-state index contributed by atoms with van der Waals surface area (Å²) in [5.74, 6) is 7.00. The first-order valence-electron chi connectivity index (χ1n) is 11.3. The number of ether oxygens (including phenoxy) is 6. The molecule has 1 aromatic rings. The lowest BCUT2D eigenvalue weighted by Crippen LogP contribution is -2.55. The van der Waals surface area contributed by atoms with Crippen molar-refractivity contribution in [1.82, 2.24) is 13.7 Å². The normalized spacial score (nSPS) is 10.6. The molecule has 0 atom stereocenters. The van der Waals surface area contributed by atoms with Gasteiger partial charge in [0.15, 0.2) is 0 Å². The van der Waals surface area contributed by atoms with Gasteiger partial charge < -0.3 is 28.4 Å². The molecular weight excluding hydrogens is 474 g/mol. The Morgan fingerprint density at radius 1 is 0.444 bits per heavy atom. The molecule has 0 fully saturated rings. The lowest BCUT2D eigenvalue weighted by atomic mass is 10.5. The second kappa shape index (κ2) is 20.1. The second-order valence-electron chi connectivity index (χ2n) is 6.91. The molecule has 0 spiro atoms. The highest BCUT2D eigenvalue weighted by Crippen LogP contribution is 1.86. The van der Waals surface area contributed by atoms with Gasteiger partial charge in [0, 0.05) is 0 Å². The van der Waals surface area contributed by atoms with E-state index in [0.717, 1.165) is 13.7 Å². The minimum atomic E-state index is -0.760. The SMILES string of the molecule is C#CCOCCOCCn1c(=O)n(CCOCCOCC#C)c(=O)n(CCOCCOCC#C)c1=O. The van der Waals surface area contributed by atoms with Crippen LogP contribution in [0.25, 0.3) is 0 Å². The van der Waals surface area contributed by atoms with Crippen LogP contribution in [0.1, 0.15) is 0 Å². The van der Waals surface area contributed by atoms with E-state index in [4.69, 9.17) is 47.7 Å². The average molecular weight is 508 g/mol. The van der Waals surface area contributed by atoms with E-state index in [9.17, 15) is 14.4 Å². The molecule has 0 saturated carbocycles. The molecule has 0 unspecified atom stereocenters. The number of hydrogen-bond acceptors (Lipinski definition) is 9. The van der Waals surface area contributed by atoms with Gasteiger partial charge in [-0.3, -0.25) is 0 Å². The predicted molar refractivity (Wildman–Crippen MR) is 131 cm³/mol. The predicted octanol–water partition coefficient (Wildman–Crippen LogP) is -1.83. The van der Waals surface area contributed by atoms with E-state index >= 15 is 0 Å². The Morgan fingerprint density at radius 2 is 0.694 bits per heavy atom. The summed E-state index contributed by atoms with van der Waals surface area (Å²) in [4.78, 5) is 38.7. The van der Waals surface area contributed by atoms with Crippen LogP contribution in [0.5, 0.6) is 0 Å².